The second-order valence-corrected chi connectivity index (χ2v) is 6.33. The lowest BCUT2D eigenvalue weighted by Gasteiger charge is -2.35. The molecule has 2 rings (SSSR count). The molecule has 2 aromatic carbocycles. The van der Waals surface area contributed by atoms with E-state index in [0.29, 0.717) is 5.56 Å². The van der Waals surface area contributed by atoms with E-state index in [-0.39, 0.29) is 18.2 Å². The zero-order valence-electron chi connectivity index (χ0n) is 15.7. The summed E-state index contributed by atoms with van der Waals surface area (Å²) in [5.41, 5.74) is 0.250. The Morgan fingerprint density at radius 2 is 1.70 bits per heavy atom. The van der Waals surface area contributed by atoms with Gasteiger partial charge >= 0.3 is 5.97 Å². The number of esters is 1. The zero-order chi connectivity index (χ0) is 19.7. The highest BCUT2D eigenvalue weighted by molar-refractivity contribution is 5.98. The Balaban J connectivity index is 2.36. The number of nitrogens with one attached hydrogen (secondary N) is 1. The molecular formula is C23H25NO3. The van der Waals surface area contributed by atoms with Crippen LogP contribution in [-0.4, -0.2) is 24.5 Å². The molecule has 0 spiro atoms. The number of carbonyl (C=O) groups is 2. The van der Waals surface area contributed by atoms with Crippen LogP contribution < -0.4 is 5.32 Å². The van der Waals surface area contributed by atoms with Gasteiger partial charge in [-0.3, -0.25) is 4.79 Å². The van der Waals surface area contributed by atoms with Gasteiger partial charge in [-0.1, -0.05) is 73.7 Å². The average Bonchev–Trinajstić information content (AvgIpc) is 2.72. The molecule has 0 saturated carbocycles. The fraction of sp³-hybridized carbons (Fsp3) is 0.217. The normalized spacial score (nSPS) is 14.1. The highest BCUT2D eigenvalue weighted by Gasteiger charge is 2.44. The van der Waals surface area contributed by atoms with E-state index < -0.39 is 11.5 Å². The lowest BCUT2D eigenvalue weighted by atomic mass is 9.81. The molecule has 0 aromatic heterocycles. The molecule has 4 heteroatoms. The van der Waals surface area contributed by atoms with Crippen LogP contribution in [0.15, 0.2) is 79.4 Å². The van der Waals surface area contributed by atoms with Gasteiger partial charge in [0.2, 0.25) is 0 Å². The second kappa shape index (κ2) is 9.53. The molecule has 2 atom stereocenters. The van der Waals surface area contributed by atoms with E-state index in [2.05, 4.69) is 11.9 Å². The minimum absolute atomic E-state index is 0.249. The number of methoxy groups -OCH3 is 1. The molecule has 0 bridgehead atoms. The van der Waals surface area contributed by atoms with Crippen molar-refractivity contribution in [1.29, 1.82) is 0 Å². The van der Waals surface area contributed by atoms with Gasteiger partial charge in [0.05, 0.1) is 7.11 Å². The van der Waals surface area contributed by atoms with Gasteiger partial charge in [-0.2, -0.15) is 0 Å². The van der Waals surface area contributed by atoms with Crippen LogP contribution in [-0.2, 0) is 9.53 Å². The summed E-state index contributed by atoms with van der Waals surface area (Å²) in [4.78, 5) is 25.5. The standard InChI is InChI=1S/C23H25NO3/c1-4-17-23(22(26)27-3,24-21(25)20-13-9-6-10-14-20)18(2)15-16-19-11-7-5-8-12-19/h4-16,18H,1,17H2,2-3H3,(H,24,25)/b16-15+/t18-,23+/m0/s1. The fourth-order valence-electron chi connectivity index (χ4n) is 2.93. The van der Waals surface area contributed by atoms with Gasteiger partial charge < -0.3 is 10.1 Å². The van der Waals surface area contributed by atoms with Gasteiger partial charge in [-0.25, -0.2) is 4.79 Å². The predicted octanol–water partition coefficient (Wildman–Crippen LogP) is 4.25. The monoisotopic (exact) mass is 363 g/mol. The minimum Gasteiger partial charge on any atom is -0.467 e. The van der Waals surface area contributed by atoms with Crippen molar-refractivity contribution in [2.24, 2.45) is 5.92 Å². The fourth-order valence-corrected chi connectivity index (χ4v) is 2.93. The maximum atomic E-state index is 12.8. The summed E-state index contributed by atoms with van der Waals surface area (Å²) in [5.74, 6) is -1.16. The molecule has 0 heterocycles. The summed E-state index contributed by atoms with van der Waals surface area (Å²) in [6, 6.07) is 18.6. The van der Waals surface area contributed by atoms with E-state index in [1.54, 1.807) is 30.3 Å². The Hall–Kier alpha value is -3.14. The van der Waals surface area contributed by atoms with E-state index in [9.17, 15) is 9.59 Å². The topological polar surface area (TPSA) is 55.4 Å². The number of carbonyl (C=O) groups excluding carboxylic acids is 2. The van der Waals surface area contributed by atoms with E-state index in [4.69, 9.17) is 4.74 Å². The number of rotatable bonds is 8. The van der Waals surface area contributed by atoms with Crippen LogP contribution >= 0.6 is 0 Å². The van der Waals surface area contributed by atoms with Crippen molar-refractivity contribution < 1.29 is 14.3 Å². The van der Waals surface area contributed by atoms with Crippen molar-refractivity contribution >= 4 is 18.0 Å². The number of hydrogen-bond donors (Lipinski definition) is 1. The summed E-state index contributed by atoms with van der Waals surface area (Å²) in [7, 11) is 1.32. The first-order valence-corrected chi connectivity index (χ1v) is 8.83. The third-order valence-electron chi connectivity index (χ3n) is 4.54. The van der Waals surface area contributed by atoms with E-state index >= 15 is 0 Å². The SMILES string of the molecule is C=CC[C@](NC(=O)c1ccccc1)(C(=O)OC)[C@@H](C)/C=C/c1ccccc1. The van der Waals surface area contributed by atoms with Crippen LogP contribution in [0.4, 0.5) is 0 Å². The molecule has 0 saturated heterocycles. The first-order chi connectivity index (χ1) is 13.0. The lowest BCUT2D eigenvalue weighted by molar-refractivity contribution is -0.149. The van der Waals surface area contributed by atoms with Crippen molar-refractivity contribution in [2.75, 3.05) is 7.11 Å². The Morgan fingerprint density at radius 1 is 1.11 bits per heavy atom. The summed E-state index contributed by atoms with van der Waals surface area (Å²) < 4.78 is 5.04. The van der Waals surface area contributed by atoms with Crippen LogP contribution in [0, 0.1) is 5.92 Å². The highest BCUT2D eigenvalue weighted by atomic mass is 16.5. The molecule has 27 heavy (non-hydrogen) atoms. The molecule has 1 amide bonds. The molecule has 0 aliphatic heterocycles. The van der Waals surface area contributed by atoms with Gasteiger partial charge in [0.25, 0.3) is 5.91 Å². The molecule has 0 aliphatic rings. The summed E-state index contributed by atoms with van der Waals surface area (Å²) in [6.07, 6.45) is 5.70. The van der Waals surface area contributed by atoms with E-state index in [1.165, 1.54) is 7.11 Å². The van der Waals surface area contributed by atoms with Crippen molar-refractivity contribution in [3.63, 3.8) is 0 Å². The van der Waals surface area contributed by atoms with Crippen LogP contribution in [0.3, 0.4) is 0 Å². The number of ether oxygens (including phenoxy) is 1. The number of benzene rings is 2. The first kappa shape index (κ1) is 20.2. The lowest BCUT2D eigenvalue weighted by Crippen LogP contribution is -2.58. The van der Waals surface area contributed by atoms with Crippen molar-refractivity contribution in [1.82, 2.24) is 5.32 Å². The second-order valence-electron chi connectivity index (χ2n) is 6.33. The van der Waals surface area contributed by atoms with Gasteiger partial charge in [0.15, 0.2) is 0 Å². The minimum atomic E-state index is -1.24. The number of hydrogen-bond acceptors (Lipinski definition) is 3. The molecule has 1 N–H and O–H groups in total. The highest BCUT2D eigenvalue weighted by Crippen LogP contribution is 2.27. The van der Waals surface area contributed by atoms with Crippen LogP contribution in [0.1, 0.15) is 29.3 Å². The summed E-state index contributed by atoms with van der Waals surface area (Å²) in [6.45, 7) is 5.64. The van der Waals surface area contributed by atoms with Gasteiger partial charge in [-0.15, -0.1) is 6.58 Å². The van der Waals surface area contributed by atoms with Crippen LogP contribution in [0.2, 0.25) is 0 Å². The molecule has 4 nitrogen and oxygen atoms in total. The quantitative estimate of drug-likeness (QED) is 0.563. The zero-order valence-corrected chi connectivity index (χ0v) is 15.7. The average molecular weight is 363 g/mol. The maximum absolute atomic E-state index is 12.8. The first-order valence-electron chi connectivity index (χ1n) is 8.83. The largest absolute Gasteiger partial charge is 0.467 e. The van der Waals surface area contributed by atoms with Crippen LogP contribution in [0.25, 0.3) is 6.08 Å². The molecule has 0 unspecified atom stereocenters. The third-order valence-corrected chi connectivity index (χ3v) is 4.54. The maximum Gasteiger partial charge on any atom is 0.332 e. The molecule has 0 radical (unpaired) electrons. The smallest absolute Gasteiger partial charge is 0.332 e. The van der Waals surface area contributed by atoms with Gasteiger partial charge in [-0.05, 0) is 24.1 Å². The van der Waals surface area contributed by atoms with Crippen LogP contribution in [0.5, 0.6) is 0 Å². The van der Waals surface area contributed by atoms with Crippen molar-refractivity contribution in [2.45, 2.75) is 18.9 Å². The molecule has 0 fully saturated rings. The summed E-state index contributed by atoms with van der Waals surface area (Å²) >= 11 is 0. The van der Waals surface area contributed by atoms with Gasteiger partial charge in [0.1, 0.15) is 5.54 Å². The Morgan fingerprint density at radius 3 is 2.26 bits per heavy atom. The van der Waals surface area contributed by atoms with Crippen molar-refractivity contribution in [3.8, 4) is 0 Å². The third kappa shape index (κ3) is 4.94. The van der Waals surface area contributed by atoms with Gasteiger partial charge in [0, 0.05) is 11.5 Å². The Labute approximate surface area is 160 Å². The van der Waals surface area contributed by atoms with Crippen molar-refractivity contribution in [3.05, 3.63) is 90.5 Å². The molecule has 140 valence electrons. The number of amides is 1. The van der Waals surface area contributed by atoms with E-state index in [1.807, 2.05) is 55.5 Å². The van der Waals surface area contributed by atoms with E-state index in [0.717, 1.165) is 5.56 Å². The summed E-state index contributed by atoms with van der Waals surface area (Å²) in [5, 5.41) is 2.90. The molecule has 2 aromatic rings. The Kier molecular flexibility index (Phi) is 7.12. The molecule has 0 aliphatic carbocycles. The predicted molar refractivity (Wildman–Crippen MR) is 108 cm³/mol. The Bertz CT molecular complexity index is 799. The molecular weight excluding hydrogens is 338 g/mol.